The second kappa shape index (κ2) is 5.76. The molecule has 1 N–H and O–H groups in total. The molecule has 2 atom stereocenters. The molecule has 1 aliphatic heterocycles. The quantitative estimate of drug-likeness (QED) is 0.924. The number of aromatic nitrogens is 1. The highest BCUT2D eigenvalue weighted by Gasteiger charge is 2.26. The van der Waals surface area contributed by atoms with E-state index < -0.39 is 0 Å². The van der Waals surface area contributed by atoms with Gasteiger partial charge in [0.2, 0.25) is 0 Å². The number of piperidine rings is 1. The lowest BCUT2D eigenvalue weighted by Gasteiger charge is -2.31. The predicted octanol–water partition coefficient (Wildman–Crippen LogP) is 3.40. The third kappa shape index (κ3) is 3.02. The van der Waals surface area contributed by atoms with Crippen LogP contribution in [0.1, 0.15) is 56.8 Å². The lowest BCUT2D eigenvalue weighted by atomic mass is 9.84. The molecule has 0 aliphatic carbocycles. The molecule has 4 heteroatoms. The summed E-state index contributed by atoms with van der Waals surface area (Å²) in [7, 11) is 0. The van der Waals surface area contributed by atoms with E-state index >= 15 is 0 Å². The number of nitrogens with zero attached hydrogens (tertiary/aromatic N) is 1. The predicted molar refractivity (Wildman–Crippen MR) is 87.1 cm³/mol. The molecule has 0 bridgehead atoms. The van der Waals surface area contributed by atoms with E-state index in [2.05, 4.69) is 50.4 Å². The maximum Gasteiger partial charge on any atom is 0.282 e. The molecular weight excluding hydrogens is 276 g/mol. The number of hydrogen-bond acceptors (Lipinski definition) is 3. The minimum absolute atomic E-state index is 0.0471. The highest BCUT2D eigenvalue weighted by atomic mass is 16.5. The summed E-state index contributed by atoms with van der Waals surface area (Å²) in [6.45, 7) is 7.57. The standard InChI is InChI=1S/C18H24N2O2/c1-18(2,3)14-6-4-5-13(11-14)16-12-15(7-9-19-16)20-17(21)8-10-22-20/h4-6,8,10-11,15-16,19H,7,9,12H2,1-3H3/t15-,16+/m0/s1. The van der Waals surface area contributed by atoms with Crippen molar-refractivity contribution in [3.05, 3.63) is 58.1 Å². The van der Waals surface area contributed by atoms with Crippen LogP contribution in [0.25, 0.3) is 0 Å². The van der Waals surface area contributed by atoms with Gasteiger partial charge < -0.3 is 9.84 Å². The van der Waals surface area contributed by atoms with Crippen LogP contribution in [0.5, 0.6) is 0 Å². The molecule has 0 spiro atoms. The first-order valence-corrected chi connectivity index (χ1v) is 7.95. The molecule has 0 radical (unpaired) electrons. The Morgan fingerprint density at radius 2 is 2.09 bits per heavy atom. The summed E-state index contributed by atoms with van der Waals surface area (Å²) in [5, 5.41) is 3.57. The van der Waals surface area contributed by atoms with Crippen molar-refractivity contribution >= 4 is 0 Å². The Kier molecular flexibility index (Phi) is 3.96. The van der Waals surface area contributed by atoms with Gasteiger partial charge in [0, 0.05) is 12.1 Å². The third-order valence-electron chi connectivity index (χ3n) is 4.46. The van der Waals surface area contributed by atoms with Crippen LogP contribution in [0.15, 0.2) is 45.9 Å². The Hall–Kier alpha value is -1.81. The maximum absolute atomic E-state index is 11.8. The fourth-order valence-corrected chi connectivity index (χ4v) is 3.13. The largest absolute Gasteiger partial charge is 0.384 e. The Bertz CT molecular complexity index is 693. The van der Waals surface area contributed by atoms with Crippen molar-refractivity contribution in [2.45, 2.75) is 51.1 Å². The van der Waals surface area contributed by atoms with Crippen molar-refractivity contribution in [1.29, 1.82) is 0 Å². The van der Waals surface area contributed by atoms with E-state index in [1.165, 1.54) is 28.2 Å². The molecule has 3 rings (SSSR count). The average molecular weight is 300 g/mol. The lowest BCUT2D eigenvalue weighted by Crippen LogP contribution is -2.35. The number of benzene rings is 1. The molecule has 1 aromatic heterocycles. The van der Waals surface area contributed by atoms with E-state index in [1.807, 2.05) is 0 Å². The summed E-state index contributed by atoms with van der Waals surface area (Å²) in [4.78, 5) is 11.8. The van der Waals surface area contributed by atoms with Gasteiger partial charge in [-0.2, -0.15) is 4.74 Å². The Morgan fingerprint density at radius 3 is 2.77 bits per heavy atom. The zero-order chi connectivity index (χ0) is 15.7. The highest BCUT2D eigenvalue weighted by molar-refractivity contribution is 5.30. The monoisotopic (exact) mass is 300 g/mol. The van der Waals surface area contributed by atoms with Gasteiger partial charge in [-0.15, -0.1) is 0 Å². The van der Waals surface area contributed by atoms with E-state index in [1.54, 1.807) is 0 Å². The van der Waals surface area contributed by atoms with Gasteiger partial charge in [-0.05, 0) is 35.9 Å². The van der Waals surface area contributed by atoms with Gasteiger partial charge in [0.25, 0.3) is 5.56 Å². The Balaban J connectivity index is 1.83. The smallest absolute Gasteiger partial charge is 0.282 e. The number of rotatable bonds is 2. The van der Waals surface area contributed by atoms with E-state index in [4.69, 9.17) is 4.52 Å². The third-order valence-corrected chi connectivity index (χ3v) is 4.46. The zero-order valence-electron chi connectivity index (χ0n) is 13.5. The van der Waals surface area contributed by atoms with Crippen molar-refractivity contribution < 1.29 is 4.52 Å². The van der Waals surface area contributed by atoms with Crippen LogP contribution < -0.4 is 10.9 Å². The van der Waals surface area contributed by atoms with Crippen LogP contribution >= 0.6 is 0 Å². The van der Waals surface area contributed by atoms with E-state index in [-0.39, 0.29) is 23.1 Å². The van der Waals surface area contributed by atoms with Crippen molar-refractivity contribution in [1.82, 2.24) is 10.1 Å². The molecule has 1 saturated heterocycles. The summed E-state index contributed by atoms with van der Waals surface area (Å²) in [5.74, 6) is 0. The van der Waals surface area contributed by atoms with E-state index in [0.29, 0.717) is 0 Å². The molecule has 0 amide bonds. The normalized spacial score (nSPS) is 22.7. The zero-order valence-corrected chi connectivity index (χ0v) is 13.5. The molecule has 1 aromatic carbocycles. The van der Waals surface area contributed by atoms with Gasteiger partial charge in [0.15, 0.2) is 0 Å². The summed E-state index contributed by atoms with van der Waals surface area (Å²) in [5.41, 5.74) is 2.72. The van der Waals surface area contributed by atoms with Crippen LogP contribution in [0, 0.1) is 0 Å². The van der Waals surface area contributed by atoms with Crippen molar-refractivity contribution in [3.8, 4) is 0 Å². The summed E-state index contributed by atoms with van der Waals surface area (Å²) >= 11 is 0. The lowest BCUT2D eigenvalue weighted by molar-refractivity contribution is 0.161. The van der Waals surface area contributed by atoms with Crippen molar-refractivity contribution in [2.75, 3.05) is 6.54 Å². The molecule has 22 heavy (non-hydrogen) atoms. The molecule has 4 nitrogen and oxygen atoms in total. The van der Waals surface area contributed by atoms with E-state index in [0.717, 1.165) is 19.4 Å². The van der Waals surface area contributed by atoms with Gasteiger partial charge in [0.1, 0.15) is 6.26 Å². The van der Waals surface area contributed by atoms with Gasteiger partial charge in [-0.1, -0.05) is 45.0 Å². The molecule has 2 aromatic rings. The van der Waals surface area contributed by atoms with Crippen LogP contribution in [-0.2, 0) is 5.41 Å². The number of nitrogens with one attached hydrogen (secondary N) is 1. The van der Waals surface area contributed by atoms with E-state index in [9.17, 15) is 4.79 Å². The summed E-state index contributed by atoms with van der Waals surface area (Å²) in [6.07, 6.45) is 3.27. The van der Waals surface area contributed by atoms with Gasteiger partial charge in [0.05, 0.1) is 6.04 Å². The molecule has 1 fully saturated rings. The summed E-state index contributed by atoms with van der Waals surface area (Å²) < 4.78 is 6.86. The van der Waals surface area contributed by atoms with Crippen LogP contribution in [0.2, 0.25) is 0 Å². The van der Waals surface area contributed by atoms with Crippen molar-refractivity contribution in [3.63, 3.8) is 0 Å². The van der Waals surface area contributed by atoms with Crippen LogP contribution in [0.4, 0.5) is 0 Å². The minimum atomic E-state index is -0.0471. The fraction of sp³-hybridized carbons (Fsp3) is 0.500. The van der Waals surface area contributed by atoms with Crippen molar-refractivity contribution in [2.24, 2.45) is 0 Å². The van der Waals surface area contributed by atoms with Gasteiger partial charge >= 0.3 is 0 Å². The first kappa shape index (κ1) is 15.1. The minimum Gasteiger partial charge on any atom is -0.384 e. The molecule has 1 aliphatic rings. The first-order chi connectivity index (χ1) is 10.4. The highest BCUT2D eigenvalue weighted by Crippen LogP contribution is 2.32. The fourth-order valence-electron chi connectivity index (χ4n) is 3.13. The van der Waals surface area contributed by atoms with Gasteiger partial charge in [-0.3, -0.25) is 4.79 Å². The molecule has 0 saturated carbocycles. The Labute approximate surface area is 131 Å². The molecule has 2 heterocycles. The second-order valence-electron chi connectivity index (χ2n) is 7.13. The molecule has 0 unspecified atom stereocenters. The topological polar surface area (TPSA) is 47.2 Å². The first-order valence-electron chi connectivity index (χ1n) is 7.95. The SMILES string of the molecule is CC(C)(C)c1cccc([C@H]2C[C@@H](n3occc3=O)CCN2)c1. The molecular formula is C18H24N2O2. The van der Waals surface area contributed by atoms with Gasteiger partial charge in [-0.25, -0.2) is 0 Å². The van der Waals surface area contributed by atoms with Crippen LogP contribution in [0.3, 0.4) is 0 Å². The maximum atomic E-state index is 11.8. The number of hydrogen-bond donors (Lipinski definition) is 1. The summed E-state index contributed by atoms with van der Waals surface area (Å²) in [6, 6.07) is 10.6. The van der Waals surface area contributed by atoms with Crippen LogP contribution in [-0.4, -0.2) is 11.3 Å². The Morgan fingerprint density at radius 1 is 1.27 bits per heavy atom. The second-order valence-corrected chi connectivity index (χ2v) is 7.13. The average Bonchev–Trinajstić information content (AvgIpc) is 2.93. The molecule has 118 valence electrons.